The van der Waals surface area contributed by atoms with Gasteiger partial charge in [0.1, 0.15) is 6.07 Å². The molecular weight excluding hydrogens is 258 g/mol. The van der Waals surface area contributed by atoms with Crippen molar-refractivity contribution in [2.75, 3.05) is 38.8 Å². The maximum absolute atomic E-state index is 11.0. The molecule has 0 bridgehead atoms. The van der Waals surface area contributed by atoms with Crippen LogP contribution in [0.25, 0.3) is 0 Å². The third-order valence-electron chi connectivity index (χ3n) is 2.66. The molecule has 17 heavy (non-hydrogen) atoms. The highest BCUT2D eigenvalue weighted by Crippen LogP contribution is 2.44. The highest BCUT2D eigenvalue weighted by Gasteiger charge is 2.42. The van der Waals surface area contributed by atoms with Crippen molar-refractivity contribution >= 4 is 29.9 Å². The molecular formula is C10H17N3O2S2. The fourth-order valence-corrected chi connectivity index (χ4v) is 4.77. The summed E-state index contributed by atoms with van der Waals surface area (Å²) in [5, 5.41) is 18.2. The van der Waals surface area contributed by atoms with Crippen molar-refractivity contribution in [3.63, 3.8) is 0 Å². The highest BCUT2D eigenvalue weighted by atomic mass is 32.2. The molecule has 0 aromatic rings. The molecule has 1 aliphatic rings. The predicted molar refractivity (Wildman–Crippen MR) is 70.6 cm³/mol. The average Bonchev–Trinajstić information content (AvgIpc) is 2.36. The minimum atomic E-state index is -0.878. The molecule has 0 spiro atoms. The second-order valence-corrected chi connectivity index (χ2v) is 6.64. The van der Waals surface area contributed by atoms with Crippen molar-refractivity contribution in [1.29, 1.82) is 5.26 Å². The lowest BCUT2D eigenvalue weighted by Crippen LogP contribution is -2.49. The Morgan fingerprint density at radius 2 is 2.12 bits per heavy atom. The van der Waals surface area contributed by atoms with Crippen molar-refractivity contribution < 1.29 is 9.90 Å². The summed E-state index contributed by atoms with van der Waals surface area (Å²) >= 11 is 2.93. The molecule has 0 atom stereocenters. The summed E-state index contributed by atoms with van der Waals surface area (Å²) in [6, 6.07) is 2.61. The molecule has 0 unspecified atom stereocenters. The number of carbonyl (C=O) groups excluding carboxylic acids is 1. The minimum Gasteiger partial charge on any atom is -0.395 e. The lowest BCUT2D eigenvalue weighted by atomic mass is 10.4. The quantitative estimate of drug-likeness (QED) is 0.714. The molecule has 0 aromatic heterocycles. The van der Waals surface area contributed by atoms with E-state index in [9.17, 15) is 10.1 Å². The first-order valence-electron chi connectivity index (χ1n) is 5.28. The smallest absolute Gasteiger partial charge is 0.224 e. The van der Waals surface area contributed by atoms with Crippen molar-refractivity contribution in [3.05, 3.63) is 0 Å². The summed E-state index contributed by atoms with van der Waals surface area (Å²) in [5.41, 5.74) is 0. The van der Waals surface area contributed by atoms with E-state index < -0.39 is 4.20 Å². The van der Waals surface area contributed by atoms with Gasteiger partial charge in [0.25, 0.3) is 0 Å². The monoisotopic (exact) mass is 275 g/mol. The van der Waals surface area contributed by atoms with Crippen LogP contribution in [-0.4, -0.2) is 70.3 Å². The van der Waals surface area contributed by atoms with Crippen LogP contribution in [0.3, 0.4) is 0 Å². The van der Waals surface area contributed by atoms with Gasteiger partial charge < -0.3 is 14.9 Å². The summed E-state index contributed by atoms with van der Waals surface area (Å²) in [6.07, 6.45) is 0.648. The Labute approximate surface area is 110 Å². The van der Waals surface area contributed by atoms with Gasteiger partial charge in [0.2, 0.25) is 10.6 Å². The van der Waals surface area contributed by atoms with E-state index in [0.29, 0.717) is 12.5 Å². The topological polar surface area (TPSA) is 67.6 Å². The molecule has 0 radical (unpaired) electrons. The first-order chi connectivity index (χ1) is 8.09. The van der Waals surface area contributed by atoms with Gasteiger partial charge >= 0.3 is 0 Å². The number of nitriles is 1. The number of rotatable bonds is 5. The van der Waals surface area contributed by atoms with Gasteiger partial charge in [-0.05, 0) is 14.1 Å². The fourth-order valence-electron chi connectivity index (χ4n) is 1.48. The number of nitrogens with zero attached hydrogens (tertiary/aromatic N) is 3. The maximum atomic E-state index is 11.0. The SMILES string of the molecule is CN(C)C1CSC(C#N)(N(C=O)CCO)SC1. The van der Waals surface area contributed by atoms with Gasteiger partial charge in [-0.1, -0.05) is 0 Å². The summed E-state index contributed by atoms with van der Waals surface area (Å²) in [7, 11) is 4.02. The Balaban J connectivity index is 2.73. The Bertz CT molecular complexity index is 298. The normalized spacial score (nSPS) is 28.8. The van der Waals surface area contributed by atoms with Crippen molar-refractivity contribution in [2.45, 2.75) is 10.2 Å². The Hall–Kier alpha value is -0.420. The van der Waals surface area contributed by atoms with Gasteiger partial charge in [-0.3, -0.25) is 4.79 Å². The van der Waals surface area contributed by atoms with Crippen molar-refractivity contribution in [1.82, 2.24) is 9.80 Å². The van der Waals surface area contributed by atoms with Crippen LogP contribution in [0.2, 0.25) is 0 Å². The zero-order valence-electron chi connectivity index (χ0n) is 10.00. The van der Waals surface area contributed by atoms with Crippen LogP contribution in [-0.2, 0) is 4.79 Å². The van der Waals surface area contributed by atoms with Gasteiger partial charge in [0.05, 0.1) is 6.61 Å². The number of hydrogen-bond donors (Lipinski definition) is 1. The molecule has 1 rings (SSSR count). The molecule has 96 valence electrons. The predicted octanol–water partition coefficient (Wildman–Crippen LogP) is 0.0247. The molecule has 0 aromatic carbocycles. The van der Waals surface area contributed by atoms with Gasteiger partial charge in [0, 0.05) is 24.1 Å². The van der Waals surface area contributed by atoms with Crippen molar-refractivity contribution in [3.8, 4) is 6.07 Å². The number of aliphatic hydroxyl groups is 1. The average molecular weight is 275 g/mol. The van der Waals surface area contributed by atoms with Crippen LogP contribution in [0.15, 0.2) is 0 Å². The first-order valence-corrected chi connectivity index (χ1v) is 7.25. The van der Waals surface area contributed by atoms with E-state index in [4.69, 9.17) is 5.11 Å². The number of carbonyl (C=O) groups is 1. The second kappa shape index (κ2) is 6.50. The second-order valence-electron chi connectivity index (χ2n) is 3.96. The largest absolute Gasteiger partial charge is 0.395 e. The van der Waals surface area contributed by atoms with E-state index in [-0.39, 0.29) is 13.2 Å². The summed E-state index contributed by atoms with van der Waals surface area (Å²) < 4.78 is -0.878. The molecule has 1 saturated heterocycles. The number of hydrogen-bond acceptors (Lipinski definition) is 6. The Kier molecular flexibility index (Phi) is 5.59. The van der Waals surface area contributed by atoms with Crippen LogP contribution in [0.1, 0.15) is 0 Å². The number of thioether (sulfide) groups is 2. The van der Waals surface area contributed by atoms with E-state index in [1.807, 2.05) is 14.1 Å². The Morgan fingerprint density at radius 1 is 1.53 bits per heavy atom. The first kappa shape index (κ1) is 14.6. The molecule has 1 amide bonds. The maximum Gasteiger partial charge on any atom is 0.224 e. The van der Waals surface area contributed by atoms with Crippen LogP contribution >= 0.6 is 23.5 Å². The molecule has 1 fully saturated rings. The third kappa shape index (κ3) is 3.28. The van der Waals surface area contributed by atoms with Crippen molar-refractivity contribution in [2.24, 2.45) is 0 Å². The van der Waals surface area contributed by atoms with E-state index in [1.165, 1.54) is 28.4 Å². The number of aliphatic hydroxyl groups excluding tert-OH is 1. The summed E-state index contributed by atoms with van der Waals surface area (Å²) in [6.45, 7) is 0.0735. The molecule has 7 heteroatoms. The van der Waals surface area contributed by atoms with Gasteiger partial charge in [-0.25, -0.2) is 0 Å². The van der Waals surface area contributed by atoms with Crippen LogP contribution in [0.4, 0.5) is 0 Å². The number of amides is 1. The molecule has 1 N–H and O–H groups in total. The fraction of sp³-hybridized carbons (Fsp3) is 0.800. The third-order valence-corrected chi connectivity index (χ3v) is 5.90. The summed E-state index contributed by atoms with van der Waals surface area (Å²) in [5.74, 6) is 1.62. The zero-order valence-corrected chi connectivity index (χ0v) is 11.6. The van der Waals surface area contributed by atoms with E-state index in [2.05, 4.69) is 11.0 Å². The molecule has 1 heterocycles. The Morgan fingerprint density at radius 3 is 2.47 bits per heavy atom. The molecule has 1 aliphatic heterocycles. The lowest BCUT2D eigenvalue weighted by Gasteiger charge is -2.41. The van der Waals surface area contributed by atoms with Crippen LogP contribution in [0.5, 0.6) is 0 Å². The zero-order chi connectivity index (χ0) is 12.9. The summed E-state index contributed by atoms with van der Waals surface area (Å²) in [4.78, 5) is 14.5. The minimum absolute atomic E-state index is 0.125. The van der Waals surface area contributed by atoms with Gasteiger partial charge in [0.15, 0.2) is 0 Å². The standard InChI is InChI=1S/C10H17N3O2S2/c1-12(2)9-5-16-10(7-11,17-6-9)13(8-15)3-4-14/h8-9,14H,3-6H2,1-2H3. The van der Waals surface area contributed by atoms with Crippen LogP contribution < -0.4 is 0 Å². The van der Waals surface area contributed by atoms with Crippen LogP contribution in [0, 0.1) is 11.3 Å². The van der Waals surface area contributed by atoms with E-state index in [0.717, 1.165) is 11.5 Å². The van der Waals surface area contributed by atoms with Gasteiger partial charge in [-0.2, -0.15) is 5.26 Å². The molecule has 5 nitrogen and oxygen atoms in total. The molecule has 0 saturated carbocycles. The lowest BCUT2D eigenvalue weighted by molar-refractivity contribution is -0.119. The van der Waals surface area contributed by atoms with E-state index in [1.54, 1.807) is 0 Å². The van der Waals surface area contributed by atoms with Gasteiger partial charge in [-0.15, -0.1) is 23.5 Å². The highest BCUT2D eigenvalue weighted by molar-refractivity contribution is 8.19. The van der Waals surface area contributed by atoms with E-state index >= 15 is 0 Å². The molecule has 0 aliphatic carbocycles.